The summed E-state index contributed by atoms with van der Waals surface area (Å²) < 4.78 is 29.0. The average Bonchev–Trinajstić information content (AvgIpc) is 3.12. The van der Waals surface area contributed by atoms with E-state index < -0.39 is 7.54 Å². The number of benzene rings is 2. The maximum absolute atomic E-state index is 9.67. The molecule has 0 atom stereocenters. The molecule has 0 N–H and O–H groups in total. The van der Waals surface area contributed by atoms with Crippen molar-refractivity contribution in [1.29, 1.82) is 0 Å². The molecule has 2 aromatic carbocycles. The van der Waals surface area contributed by atoms with Crippen molar-refractivity contribution in [2.24, 2.45) is 0 Å². The second kappa shape index (κ2) is 26.5. The number of halogens is 4. The molecule has 0 fully saturated rings. The topological polar surface area (TPSA) is 0 Å². The van der Waals surface area contributed by atoms with Crippen molar-refractivity contribution in [3.8, 4) is 0 Å². The molecule has 0 saturated carbocycles. The zero-order valence-electron chi connectivity index (χ0n) is 16.2. The zero-order valence-corrected chi connectivity index (χ0v) is 17.3. The van der Waals surface area contributed by atoms with Crippen LogP contribution in [0.4, 0.5) is 12.9 Å². The summed E-state index contributed by atoms with van der Waals surface area (Å²) >= 11 is 0. The normalized spacial score (nSPS) is 8.78. The zero-order chi connectivity index (χ0) is 17.3. The standard InChI is InChI=1S/C8H10.C6H6.C5H6.2CH3.BF3.FH.Fe/c1-7-3-5-8(2)6-4-7;1-2-4-6-5-3-1;1-2-4-5-3-1;;;2-1(3)4;;/h3-6H,1-2H3;1-6H;1-4H,5H2;2*1H3;;1H;/q;;;2*-1;;;+3/p-1. The van der Waals surface area contributed by atoms with Crippen molar-refractivity contribution in [2.45, 2.75) is 20.3 Å². The van der Waals surface area contributed by atoms with Crippen LogP contribution in [0.25, 0.3) is 0 Å². The van der Waals surface area contributed by atoms with Gasteiger partial charge in [0.05, 0.1) is 0 Å². The predicted molar refractivity (Wildman–Crippen MR) is 107 cm³/mol. The fraction of sp³-hybridized carbons (Fsp3) is 0.143. The third-order valence-electron chi connectivity index (χ3n) is 2.54. The summed E-state index contributed by atoms with van der Waals surface area (Å²) in [7, 11) is -3.67. The minimum atomic E-state index is -3.67. The summed E-state index contributed by atoms with van der Waals surface area (Å²) in [4.78, 5) is 0. The molecular formula is C21H28BF4Fe. The van der Waals surface area contributed by atoms with Crippen molar-refractivity contribution in [3.05, 3.63) is 111 Å². The fourth-order valence-electron chi connectivity index (χ4n) is 1.41. The summed E-state index contributed by atoms with van der Waals surface area (Å²) in [6.45, 7) is 4.19. The summed E-state index contributed by atoms with van der Waals surface area (Å²) in [6.07, 6.45) is 9.50. The first-order valence-electron chi connectivity index (χ1n) is 7.29. The molecule has 0 nitrogen and oxygen atoms in total. The van der Waals surface area contributed by atoms with Crippen LogP contribution < -0.4 is 4.70 Å². The maximum atomic E-state index is 9.67. The van der Waals surface area contributed by atoms with Gasteiger partial charge in [-0.15, -0.1) is 0 Å². The Balaban J connectivity index is -0.0000000781. The largest absolute Gasteiger partial charge is 3.00 e. The van der Waals surface area contributed by atoms with Gasteiger partial charge in [0, 0.05) is 0 Å². The van der Waals surface area contributed by atoms with Gasteiger partial charge >= 0.3 is 24.6 Å². The average molecular weight is 423 g/mol. The Hall–Kier alpha value is -1.78. The summed E-state index contributed by atoms with van der Waals surface area (Å²) in [5, 5.41) is 0. The molecule has 151 valence electrons. The third-order valence-corrected chi connectivity index (χ3v) is 2.54. The second-order valence-electron chi connectivity index (χ2n) is 4.65. The van der Waals surface area contributed by atoms with E-state index in [4.69, 9.17) is 0 Å². The summed E-state index contributed by atoms with van der Waals surface area (Å²) in [6, 6.07) is 20.5. The molecule has 27 heavy (non-hydrogen) atoms. The van der Waals surface area contributed by atoms with Crippen molar-refractivity contribution in [2.75, 3.05) is 0 Å². The van der Waals surface area contributed by atoms with Crippen LogP contribution in [0, 0.1) is 28.7 Å². The van der Waals surface area contributed by atoms with E-state index in [0.29, 0.717) is 0 Å². The molecule has 0 aromatic heterocycles. The van der Waals surface area contributed by atoms with E-state index in [-0.39, 0.29) is 36.6 Å². The van der Waals surface area contributed by atoms with E-state index >= 15 is 0 Å². The minimum Gasteiger partial charge on any atom is -1.00 e. The van der Waals surface area contributed by atoms with Gasteiger partial charge in [-0.25, -0.2) is 0 Å². The smallest absolute Gasteiger partial charge is 1.00 e. The Morgan fingerprint density at radius 3 is 1.04 bits per heavy atom. The van der Waals surface area contributed by atoms with Crippen LogP contribution >= 0.6 is 0 Å². The molecule has 6 heteroatoms. The second-order valence-corrected chi connectivity index (χ2v) is 4.65. The van der Waals surface area contributed by atoms with Gasteiger partial charge in [0.2, 0.25) is 0 Å². The third kappa shape index (κ3) is 32.4. The monoisotopic (exact) mass is 423 g/mol. The Morgan fingerprint density at radius 1 is 0.667 bits per heavy atom. The number of allylic oxidation sites excluding steroid dienone is 4. The molecular weight excluding hydrogens is 395 g/mol. The molecule has 3 rings (SSSR count). The molecule has 0 aliphatic heterocycles. The summed E-state index contributed by atoms with van der Waals surface area (Å²) in [5.41, 5.74) is 2.66. The Morgan fingerprint density at radius 2 is 0.889 bits per heavy atom. The minimum absolute atomic E-state index is 0. The van der Waals surface area contributed by atoms with Crippen LogP contribution in [-0.2, 0) is 17.1 Å². The van der Waals surface area contributed by atoms with Gasteiger partial charge in [0.15, 0.2) is 0 Å². The van der Waals surface area contributed by atoms with Gasteiger partial charge in [0.25, 0.3) is 0 Å². The van der Waals surface area contributed by atoms with Gasteiger partial charge in [-0.1, -0.05) is 96.1 Å². The summed E-state index contributed by atoms with van der Waals surface area (Å²) in [5.74, 6) is 0. The van der Waals surface area contributed by atoms with E-state index in [2.05, 4.69) is 62.4 Å². The molecule has 0 unspecified atom stereocenters. The van der Waals surface area contributed by atoms with E-state index in [0.717, 1.165) is 6.42 Å². The predicted octanol–water partition coefficient (Wildman–Crippen LogP) is 4.27. The SMILES string of the molecule is C1=CCC=C1.Cc1ccc(C)cc1.FB(F)F.[CH3-].[CH3-].[F-].[Fe+3].c1ccccc1. The number of rotatable bonds is 0. The van der Waals surface area contributed by atoms with Gasteiger partial charge in [-0.05, 0) is 20.3 Å². The van der Waals surface area contributed by atoms with Crippen LogP contribution in [0.15, 0.2) is 85.0 Å². The molecule has 1 radical (unpaired) electrons. The first-order valence-corrected chi connectivity index (χ1v) is 7.29. The molecule has 1 aliphatic carbocycles. The van der Waals surface area contributed by atoms with Gasteiger partial charge < -0.3 is 19.6 Å². The van der Waals surface area contributed by atoms with Crippen molar-refractivity contribution in [3.63, 3.8) is 0 Å². The maximum Gasteiger partial charge on any atom is 3.00 e. The van der Waals surface area contributed by atoms with Crippen LogP contribution in [0.1, 0.15) is 17.5 Å². The Bertz CT molecular complexity index is 483. The molecule has 2 aromatic rings. The van der Waals surface area contributed by atoms with Crippen LogP contribution in [0.2, 0.25) is 0 Å². The number of hydrogen-bond acceptors (Lipinski definition) is 0. The van der Waals surface area contributed by atoms with Crippen LogP contribution in [0.3, 0.4) is 0 Å². The van der Waals surface area contributed by atoms with Gasteiger partial charge in [0.1, 0.15) is 0 Å². The molecule has 0 bridgehead atoms. The Labute approximate surface area is 173 Å². The number of hydrogen-bond donors (Lipinski definition) is 0. The van der Waals surface area contributed by atoms with Crippen molar-refractivity contribution >= 4 is 7.54 Å². The van der Waals surface area contributed by atoms with Gasteiger partial charge in [-0.3, -0.25) is 12.9 Å². The van der Waals surface area contributed by atoms with Crippen molar-refractivity contribution < 1.29 is 34.7 Å². The molecule has 0 amide bonds. The van der Waals surface area contributed by atoms with Crippen LogP contribution in [-0.4, -0.2) is 7.54 Å². The number of aryl methyl sites for hydroxylation is 2. The molecule has 0 spiro atoms. The quantitative estimate of drug-likeness (QED) is 0.338. The Kier molecular flexibility index (Phi) is 35.5. The first kappa shape index (κ1) is 36.2. The first-order chi connectivity index (χ1) is 11.0. The van der Waals surface area contributed by atoms with Crippen LogP contribution in [0.5, 0.6) is 0 Å². The van der Waals surface area contributed by atoms with Crippen molar-refractivity contribution in [1.82, 2.24) is 0 Å². The van der Waals surface area contributed by atoms with E-state index in [9.17, 15) is 12.9 Å². The fourth-order valence-corrected chi connectivity index (χ4v) is 1.41. The van der Waals surface area contributed by atoms with Gasteiger partial charge in [-0.2, -0.15) is 0 Å². The molecule has 0 saturated heterocycles. The van der Waals surface area contributed by atoms with E-state index in [1.165, 1.54) is 11.1 Å². The molecule has 1 aliphatic rings. The molecule has 0 heterocycles. The van der Waals surface area contributed by atoms with E-state index in [1.807, 2.05) is 36.4 Å². The van der Waals surface area contributed by atoms with E-state index in [1.54, 1.807) is 0 Å².